The summed E-state index contributed by atoms with van der Waals surface area (Å²) in [6.07, 6.45) is 4.69. The van der Waals surface area contributed by atoms with Crippen molar-refractivity contribution < 1.29 is 14.3 Å². The van der Waals surface area contributed by atoms with Gasteiger partial charge in [0.1, 0.15) is 20.3 Å². The van der Waals surface area contributed by atoms with Gasteiger partial charge in [-0.15, -0.1) is 6.42 Å². The SMILES string of the molecule is C#CCNC(=O)OCc1ccc2c(c1)COC21c2ccc(N(C)C)cc2[Si](C)(C)c2cc(N(C)C)ccc21. The van der Waals surface area contributed by atoms with Crippen LogP contribution in [-0.2, 0) is 28.3 Å². The lowest BCUT2D eigenvalue weighted by Gasteiger charge is -2.45. The maximum atomic E-state index is 11.9. The topological polar surface area (TPSA) is 54.0 Å². The van der Waals surface area contributed by atoms with Crippen LogP contribution in [0.15, 0.2) is 54.6 Å². The third-order valence-electron chi connectivity index (χ3n) is 7.84. The van der Waals surface area contributed by atoms with Gasteiger partial charge in [-0.25, -0.2) is 4.79 Å². The van der Waals surface area contributed by atoms with Gasteiger partial charge in [0.15, 0.2) is 0 Å². The highest BCUT2D eigenvalue weighted by Gasteiger charge is 2.53. The molecule has 6 nitrogen and oxygen atoms in total. The largest absolute Gasteiger partial charge is 0.445 e. The molecule has 0 aromatic heterocycles. The fraction of sp³-hybridized carbons (Fsp3) is 0.323. The van der Waals surface area contributed by atoms with E-state index in [0.717, 1.165) is 16.7 Å². The molecule has 2 heterocycles. The van der Waals surface area contributed by atoms with E-state index in [-0.39, 0.29) is 13.2 Å². The first-order chi connectivity index (χ1) is 18.1. The maximum absolute atomic E-state index is 11.9. The van der Waals surface area contributed by atoms with Crippen LogP contribution >= 0.6 is 0 Å². The van der Waals surface area contributed by atoms with Crippen molar-refractivity contribution in [2.24, 2.45) is 0 Å². The molecule has 0 aliphatic carbocycles. The fourth-order valence-electron chi connectivity index (χ4n) is 5.79. The molecule has 2 aliphatic rings. The van der Waals surface area contributed by atoms with E-state index in [1.165, 1.54) is 32.9 Å². The van der Waals surface area contributed by atoms with Crippen LogP contribution in [-0.4, -0.2) is 48.9 Å². The standard InChI is InChI=1S/C31H35N3O3Si/c1-8-15-32-30(35)36-19-21-9-12-25-22(16-21)20-37-31(25)26-13-10-23(33(2)3)17-28(26)38(6,7)29-18-24(34(4)5)11-14-27(29)31/h1,9-14,16-18H,15,19-20H2,2-7H3,(H,32,35). The summed E-state index contributed by atoms with van der Waals surface area (Å²) >= 11 is 0. The first-order valence-electron chi connectivity index (χ1n) is 12.8. The first-order valence-corrected chi connectivity index (χ1v) is 15.8. The van der Waals surface area contributed by atoms with E-state index >= 15 is 0 Å². The van der Waals surface area contributed by atoms with Gasteiger partial charge in [0.05, 0.1) is 13.2 Å². The van der Waals surface area contributed by atoms with E-state index < -0.39 is 19.8 Å². The smallest absolute Gasteiger partial charge is 0.408 e. The van der Waals surface area contributed by atoms with Crippen molar-refractivity contribution in [2.45, 2.75) is 31.9 Å². The van der Waals surface area contributed by atoms with Gasteiger partial charge >= 0.3 is 6.09 Å². The monoisotopic (exact) mass is 525 g/mol. The summed E-state index contributed by atoms with van der Waals surface area (Å²) in [7, 11) is 6.29. The number of anilines is 2. The molecule has 0 unspecified atom stereocenters. The van der Waals surface area contributed by atoms with Gasteiger partial charge in [0, 0.05) is 39.6 Å². The number of nitrogens with one attached hydrogen (secondary N) is 1. The summed E-state index contributed by atoms with van der Waals surface area (Å²) in [5, 5.41) is 5.33. The van der Waals surface area contributed by atoms with E-state index in [2.05, 4.69) is 111 Å². The second-order valence-electron chi connectivity index (χ2n) is 11.0. The summed E-state index contributed by atoms with van der Waals surface area (Å²) in [6, 6.07) is 19.9. The molecule has 0 bridgehead atoms. The minimum absolute atomic E-state index is 0.142. The second kappa shape index (κ2) is 9.54. The van der Waals surface area contributed by atoms with Gasteiger partial charge in [0.2, 0.25) is 0 Å². The fourth-order valence-corrected chi connectivity index (χ4v) is 8.96. The summed E-state index contributed by atoms with van der Waals surface area (Å²) in [6.45, 7) is 5.68. The van der Waals surface area contributed by atoms with Crippen LogP contribution in [0.4, 0.5) is 16.2 Å². The summed E-state index contributed by atoms with van der Waals surface area (Å²) in [5.41, 5.74) is 7.37. The van der Waals surface area contributed by atoms with Crippen LogP contribution in [0.5, 0.6) is 0 Å². The van der Waals surface area contributed by atoms with Crippen molar-refractivity contribution in [3.05, 3.63) is 82.4 Å². The molecular formula is C31H35N3O3Si. The summed E-state index contributed by atoms with van der Waals surface area (Å²) in [4.78, 5) is 16.2. The van der Waals surface area contributed by atoms with Gasteiger partial charge in [-0.2, -0.15) is 0 Å². The lowest BCUT2D eigenvalue weighted by molar-refractivity contribution is 0.0276. The molecule has 5 rings (SSSR count). The molecule has 1 spiro atoms. The van der Waals surface area contributed by atoms with Crippen molar-refractivity contribution in [2.75, 3.05) is 44.5 Å². The normalized spacial score (nSPS) is 15.6. The third-order valence-corrected chi connectivity index (χ3v) is 11.4. The number of carbonyl (C=O) groups is 1. The second-order valence-corrected chi connectivity index (χ2v) is 15.3. The molecular weight excluding hydrogens is 490 g/mol. The molecule has 38 heavy (non-hydrogen) atoms. The van der Waals surface area contributed by atoms with Crippen molar-refractivity contribution in [3.8, 4) is 12.3 Å². The number of hydrogen-bond acceptors (Lipinski definition) is 5. The predicted molar refractivity (Wildman–Crippen MR) is 156 cm³/mol. The Morgan fingerprint density at radius 1 is 0.974 bits per heavy atom. The van der Waals surface area contributed by atoms with Gasteiger partial charge in [-0.1, -0.05) is 43.3 Å². The first kappa shape index (κ1) is 25.9. The Balaban J connectivity index is 1.65. The summed E-state index contributed by atoms with van der Waals surface area (Å²) < 4.78 is 12.2. The highest BCUT2D eigenvalue weighted by atomic mass is 28.3. The van der Waals surface area contributed by atoms with E-state index in [0.29, 0.717) is 6.61 Å². The highest BCUT2D eigenvalue weighted by molar-refractivity contribution is 7.01. The zero-order valence-electron chi connectivity index (χ0n) is 23.0. The number of fused-ring (bicyclic) bond motifs is 6. The highest BCUT2D eigenvalue weighted by Crippen LogP contribution is 2.49. The Morgan fingerprint density at radius 3 is 2.11 bits per heavy atom. The number of hydrogen-bond donors (Lipinski definition) is 1. The molecule has 3 aromatic carbocycles. The molecule has 3 aromatic rings. The van der Waals surface area contributed by atoms with Crippen LogP contribution in [0, 0.1) is 12.3 Å². The molecule has 0 atom stereocenters. The van der Waals surface area contributed by atoms with Crippen LogP contribution in [0.3, 0.4) is 0 Å². The number of terminal acetylenes is 1. The quantitative estimate of drug-likeness (QED) is 0.407. The van der Waals surface area contributed by atoms with Gasteiger partial charge in [-0.3, -0.25) is 0 Å². The Bertz CT molecular complexity index is 1390. The number of nitrogens with zero attached hydrogens (tertiary/aromatic N) is 2. The van der Waals surface area contributed by atoms with Gasteiger partial charge in [-0.05, 0) is 68.5 Å². The average molecular weight is 526 g/mol. The lowest BCUT2D eigenvalue weighted by Crippen LogP contribution is -2.63. The van der Waals surface area contributed by atoms with E-state index in [1.54, 1.807) is 0 Å². The Kier molecular flexibility index (Phi) is 6.50. The van der Waals surface area contributed by atoms with Crippen molar-refractivity contribution in [3.63, 3.8) is 0 Å². The van der Waals surface area contributed by atoms with Crippen molar-refractivity contribution in [1.82, 2.24) is 5.32 Å². The number of amides is 1. The van der Waals surface area contributed by atoms with Gasteiger partial charge < -0.3 is 24.6 Å². The number of ether oxygens (including phenoxy) is 2. The Labute approximate surface area is 226 Å². The van der Waals surface area contributed by atoms with Crippen molar-refractivity contribution in [1.29, 1.82) is 0 Å². The number of rotatable bonds is 5. The molecule has 0 saturated heterocycles. The molecule has 0 radical (unpaired) electrons. The van der Waals surface area contributed by atoms with Crippen LogP contribution in [0.25, 0.3) is 0 Å². The number of alkyl carbamates (subject to hydrolysis) is 1. The lowest BCUT2D eigenvalue weighted by atomic mass is 9.79. The van der Waals surface area contributed by atoms with Crippen molar-refractivity contribution >= 4 is 35.9 Å². The van der Waals surface area contributed by atoms with Crippen LogP contribution < -0.4 is 25.5 Å². The van der Waals surface area contributed by atoms with Crippen LogP contribution in [0.2, 0.25) is 13.1 Å². The third kappa shape index (κ3) is 4.05. The molecule has 2 aliphatic heterocycles. The Morgan fingerprint density at radius 2 is 1.55 bits per heavy atom. The Hall–Kier alpha value is -3.73. The zero-order chi connectivity index (χ0) is 27.2. The van der Waals surface area contributed by atoms with Gasteiger partial charge in [0.25, 0.3) is 0 Å². The minimum atomic E-state index is -2.06. The zero-order valence-corrected chi connectivity index (χ0v) is 24.0. The maximum Gasteiger partial charge on any atom is 0.408 e. The number of benzene rings is 3. The number of carbonyl (C=O) groups excluding carboxylic acids is 1. The average Bonchev–Trinajstić information content (AvgIpc) is 3.28. The molecule has 7 heteroatoms. The molecule has 196 valence electrons. The molecule has 1 N–H and O–H groups in total. The molecule has 0 saturated carbocycles. The minimum Gasteiger partial charge on any atom is -0.445 e. The molecule has 0 fully saturated rings. The van der Waals surface area contributed by atoms with Crippen LogP contribution in [0.1, 0.15) is 27.8 Å². The van der Waals surface area contributed by atoms with E-state index in [9.17, 15) is 4.79 Å². The van der Waals surface area contributed by atoms with E-state index in [1.807, 2.05) is 6.07 Å². The molecule has 1 amide bonds. The predicted octanol–water partition coefficient (Wildman–Crippen LogP) is 3.64. The summed E-state index contributed by atoms with van der Waals surface area (Å²) in [5.74, 6) is 2.37. The van der Waals surface area contributed by atoms with E-state index in [4.69, 9.17) is 15.9 Å².